The molecular formula is C11H14BrN5O2S. The van der Waals surface area contributed by atoms with Gasteiger partial charge in [0.05, 0.1) is 0 Å². The number of sulfone groups is 1. The topological polar surface area (TPSA) is 103 Å². The molecule has 9 heteroatoms. The Kier molecular flexibility index (Phi) is 4.00. The lowest BCUT2D eigenvalue weighted by Crippen LogP contribution is -2.07. The second-order valence-electron chi connectivity index (χ2n) is 4.11. The first-order valence-corrected chi connectivity index (χ1v) is 8.47. The number of nitrogens with one attached hydrogen (secondary N) is 1. The summed E-state index contributed by atoms with van der Waals surface area (Å²) in [5.74, 6) is 0.718. The Morgan fingerprint density at radius 1 is 1.45 bits per heavy atom. The second kappa shape index (κ2) is 5.41. The van der Waals surface area contributed by atoms with Crippen LogP contribution in [-0.4, -0.2) is 36.0 Å². The lowest BCUT2D eigenvalue weighted by Gasteiger charge is -2.03. The van der Waals surface area contributed by atoms with Gasteiger partial charge < -0.3 is 11.1 Å². The number of aromatic nitrogens is 3. The summed E-state index contributed by atoms with van der Waals surface area (Å²) in [6.07, 6.45) is 2.68. The molecule has 7 nitrogen and oxygen atoms in total. The van der Waals surface area contributed by atoms with Gasteiger partial charge in [0.1, 0.15) is 5.82 Å². The molecule has 0 saturated heterocycles. The molecule has 0 aliphatic heterocycles. The van der Waals surface area contributed by atoms with Crippen molar-refractivity contribution in [1.29, 1.82) is 0 Å². The number of nitrogens with two attached hydrogens (primary N) is 1. The fraction of sp³-hybridized carbons (Fsp3) is 0.273. The Balaban J connectivity index is 2.64. The van der Waals surface area contributed by atoms with Crippen LogP contribution < -0.4 is 11.1 Å². The standard InChI is InChI=1S/C11H14BrN5O2S/c1-3-14-11-9(20(2,18)19)10(13)17(16-11)8-5-4-7(12)6-15-8/h4-6H,3,13H2,1-2H3,(H,14,16). The minimum Gasteiger partial charge on any atom is -0.382 e. The van der Waals surface area contributed by atoms with E-state index in [2.05, 4.69) is 31.3 Å². The van der Waals surface area contributed by atoms with Crippen LogP contribution >= 0.6 is 15.9 Å². The number of anilines is 2. The van der Waals surface area contributed by atoms with Crippen molar-refractivity contribution in [1.82, 2.24) is 14.8 Å². The molecule has 0 radical (unpaired) electrons. The number of rotatable bonds is 4. The average molecular weight is 360 g/mol. The predicted octanol–water partition coefficient (Wildman–Crippen LogP) is 1.45. The molecule has 108 valence electrons. The summed E-state index contributed by atoms with van der Waals surface area (Å²) in [6.45, 7) is 2.38. The summed E-state index contributed by atoms with van der Waals surface area (Å²) in [7, 11) is -3.49. The van der Waals surface area contributed by atoms with Gasteiger partial charge >= 0.3 is 0 Å². The van der Waals surface area contributed by atoms with Crippen LogP contribution in [0.4, 0.5) is 11.6 Å². The summed E-state index contributed by atoms with van der Waals surface area (Å²) in [5, 5.41) is 7.09. The minimum absolute atomic E-state index is 0.0101. The van der Waals surface area contributed by atoms with Crippen molar-refractivity contribution in [3.63, 3.8) is 0 Å². The highest BCUT2D eigenvalue weighted by Gasteiger charge is 2.24. The summed E-state index contributed by atoms with van der Waals surface area (Å²) >= 11 is 3.28. The second-order valence-corrected chi connectivity index (χ2v) is 6.98. The van der Waals surface area contributed by atoms with E-state index in [1.165, 1.54) is 4.68 Å². The summed E-state index contributed by atoms with van der Waals surface area (Å²) in [6, 6.07) is 3.46. The van der Waals surface area contributed by atoms with Crippen LogP contribution in [0.1, 0.15) is 6.92 Å². The van der Waals surface area contributed by atoms with Crippen LogP contribution in [0, 0.1) is 0 Å². The third-order valence-electron chi connectivity index (χ3n) is 2.52. The van der Waals surface area contributed by atoms with E-state index >= 15 is 0 Å². The maximum absolute atomic E-state index is 11.8. The predicted molar refractivity (Wildman–Crippen MR) is 80.7 cm³/mol. The van der Waals surface area contributed by atoms with E-state index in [4.69, 9.17) is 5.73 Å². The molecule has 2 heterocycles. The molecule has 3 N–H and O–H groups in total. The first kappa shape index (κ1) is 14.8. The van der Waals surface area contributed by atoms with Gasteiger partial charge in [-0.25, -0.2) is 13.4 Å². The highest BCUT2D eigenvalue weighted by molar-refractivity contribution is 9.10. The molecule has 0 aliphatic rings. The zero-order chi connectivity index (χ0) is 14.9. The lowest BCUT2D eigenvalue weighted by molar-refractivity contribution is 0.602. The zero-order valence-corrected chi connectivity index (χ0v) is 13.4. The smallest absolute Gasteiger partial charge is 0.182 e. The van der Waals surface area contributed by atoms with Crippen LogP contribution in [-0.2, 0) is 9.84 Å². The Morgan fingerprint density at radius 3 is 2.65 bits per heavy atom. The van der Waals surface area contributed by atoms with Crippen LogP contribution in [0.25, 0.3) is 5.82 Å². The largest absolute Gasteiger partial charge is 0.382 e. The fourth-order valence-electron chi connectivity index (χ4n) is 1.73. The molecule has 2 rings (SSSR count). The SMILES string of the molecule is CCNc1nn(-c2ccc(Br)cn2)c(N)c1S(C)(=O)=O. The van der Waals surface area contributed by atoms with E-state index in [0.29, 0.717) is 12.4 Å². The number of pyridine rings is 1. The third-order valence-corrected chi connectivity index (χ3v) is 4.13. The van der Waals surface area contributed by atoms with Crippen molar-refractivity contribution in [2.75, 3.05) is 23.9 Å². The highest BCUT2D eigenvalue weighted by Crippen LogP contribution is 2.29. The molecule has 0 saturated carbocycles. The minimum atomic E-state index is -3.49. The van der Waals surface area contributed by atoms with Gasteiger partial charge in [0.2, 0.25) is 0 Å². The average Bonchev–Trinajstić information content (AvgIpc) is 2.67. The Labute approximate surface area is 125 Å². The van der Waals surface area contributed by atoms with Gasteiger partial charge in [0.15, 0.2) is 26.4 Å². The van der Waals surface area contributed by atoms with Crippen molar-refractivity contribution >= 4 is 37.4 Å². The molecular weight excluding hydrogens is 346 g/mol. The van der Waals surface area contributed by atoms with Crippen molar-refractivity contribution < 1.29 is 8.42 Å². The molecule has 0 bridgehead atoms. The zero-order valence-electron chi connectivity index (χ0n) is 11.0. The van der Waals surface area contributed by atoms with Gasteiger partial charge in [-0.2, -0.15) is 4.68 Å². The van der Waals surface area contributed by atoms with Crippen molar-refractivity contribution in [2.24, 2.45) is 0 Å². The maximum Gasteiger partial charge on any atom is 0.182 e. The Morgan fingerprint density at radius 2 is 2.15 bits per heavy atom. The van der Waals surface area contributed by atoms with Gasteiger partial charge in [0.25, 0.3) is 0 Å². The summed E-state index contributed by atoms with van der Waals surface area (Å²) in [5.41, 5.74) is 5.92. The number of hydrogen-bond donors (Lipinski definition) is 2. The molecule has 2 aromatic rings. The number of nitrogen functional groups attached to an aromatic ring is 1. The normalized spacial score (nSPS) is 11.6. The molecule has 0 spiro atoms. The highest BCUT2D eigenvalue weighted by atomic mass is 79.9. The molecule has 0 amide bonds. The lowest BCUT2D eigenvalue weighted by atomic mass is 10.4. The van der Waals surface area contributed by atoms with Gasteiger partial charge in [-0.15, -0.1) is 5.10 Å². The maximum atomic E-state index is 11.8. The number of nitrogens with zero attached hydrogens (tertiary/aromatic N) is 3. The van der Waals surface area contributed by atoms with Crippen molar-refractivity contribution in [2.45, 2.75) is 11.8 Å². The van der Waals surface area contributed by atoms with Gasteiger partial charge in [-0.1, -0.05) is 0 Å². The van der Waals surface area contributed by atoms with Crippen LogP contribution in [0.3, 0.4) is 0 Å². The molecule has 2 aromatic heterocycles. The van der Waals surface area contributed by atoms with Crippen LogP contribution in [0.15, 0.2) is 27.7 Å². The molecule has 0 aromatic carbocycles. The summed E-state index contributed by atoms with van der Waals surface area (Å²) < 4.78 is 25.8. The quantitative estimate of drug-likeness (QED) is 0.856. The van der Waals surface area contributed by atoms with Gasteiger partial charge in [0, 0.05) is 23.5 Å². The molecule has 0 aliphatic carbocycles. The first-order valence-electron chi connectivity index (χ1n) is 5.79. The summed E-state index contributed by atoms with van der Waals surface area (Å²) in [4.78, 5) is 4.15. The van der Waals surface area contributed by atoms with E-state index < -0.39 is 9.84 Å². The first-order chi connectivity index (χ1) is 9.34. The van der Waals surface area contributed by atoms with Crippen LogP contribution in [0.2, 0.25) is 0 Å². The van der Waals surface area contributed by atoms with E-state index in [1.807, 2.05) is 6.92 Å². The van der Waals surface area contributed by atoms with E-state index in [1.54, 1.807) is 18.3 Å². The van der Waals surface area contributed by atoms with Crippen LogP contribution in [0.5, 0.6) is 0 Å². The Hall–Kier alpha value is -1.61. The fourth-order valence-corrected chi connectivity index (χ4v) is 2.90. The Bertz CT molecular complexity index is 724. The van der Waals surface area contributed by atoms with Gasteiger partial charge in [-0.05, 0) is 35.0 Å². The van der Waals surface area contributed by atoms with Crippen molar-refractivity contribution in [3.05, 3.63) is 22.8 Å². The van der Waals surface area contributed by atoms with Crippen molar-refractivity contribution in [3.8, 4) is 5.82 Å². The monoisotopic (exact) mass is 359 g/mol. The third kappa shape index (κ3) is 2.78. The molecule has 0 atom stereocenters. The molecule has 0 unspecified atom stereocenters. The van der Waals surface area contributed by atoms with Gasteiger partial charge in [-0.3, -0.25) is 0 Å². The number of halogens is 1. The van der Waals surface area contributed by atoms with E-state index in [0.717, 1.165) is 10.7 Å². The molecule has 20 heavy (non-hydrogen) atoms. The number of hydrogen-bond acceptors (Lipinski definition) is 6. The van der Waals surface area contributed by atoms with E-state index in [-0.39, 0.29) is 16.5 Å². The molecule has 0 fully saturated rings. The van der Waals surface area contributed by atoms with E-state index in [9.17, 15) is 8.42 Å².